The highest BCUT2D eigenvalue weighted by Crippen LogP contribution is 2.33. The number of halogens is 1. The van der Waals surface area contributed by atoms with Gasteiger partial charge in [0, 0.05) is 24.1 Å². The first-order chi connectivity index (χ1) is 12.0. The summed E-state index contributed by atoms with van der Waals surface area (Å²) in [5.74, 6) is -0.313. The van der Waals surface area contributed by atoms with Crippen molar-refractivity contribution in [3.63, 3.8) is 0 Å². The lowest BCUT2D eigenvalue weighted by molar-refractivity contribution is -0.384. The molecule has 0 atom stereocenters. The van der Waals surface area contributed by atoms with Crippen molar-refractivity contribution in [3.8, 4) is 0 Å². The Bertz CT molecular complexity index is 1040. The first-order valence-electron chi connectivity index (χ1n) is 7.69. The number of nitro groups is 1. The number of nitrogens with zero attached hydrogens (tertiary/aromatic N) is 3. The number of non-ortho nitro benzene ring substituents is 1. The fourth-order valence-corrected chi connectivity index (χ4v) is 3.36. The van der Waals surface area contributed by atoms with Crippen molar-refractivity contribution in [2.75, 3.05) is 11.4 Å². The Hall–Kier alpha value is -2.99. The van der Waals surface area contributed by atoms with Gasteiger partial charge in [0.05, 0.1) is 10.6 Å². The van der Waals surface area contributed by atoms with Gasteiger partial charge >= 0.3 is 0 Å². The summed E-state index contributed by atoms with van der Waals surface area (Å²) in [7, 11) is 0. The van der Waals surface area contributed by atoms with Crippen molar-refractivity contribution in [2.45, 2.75) is 6.42 Å². The maximum absolute atomic E-state index is 12.9. The lowest BCUT2D eigenvalue weighted by atomic mass is 10.1. The number of amides is 1. The third-order valence-corrected chi connectivity index (χ3v) is 4.62. The van der Waals surface area contributed by atoms with Crippen LogP contribution in [-0.2, 0) is 6.42 Å². The van der Waals surface area contributed by atoms with Gasteiger partial charge in [0.15, 0.2) is 0 Å². The minimum absolute atomic E-state index is 0.0389. The van der Waals surface area contributed by atoms with Crippen LogP contribution in [0.5, 0.6) is 0 Å². The zero-order chi connectivity index (χ0) is 17.6. The average Bonchev–Trinajstić information content (AvgIpc) is 3.04. The molecule has 0 fully saturated rings. The van der Waals surface area contributed by atoms with E-state index < -0.39 is 4.92 Å². The molecule has 7 heteroatoms. The highest BCUT2D eigenvalue weighted by atomic mass is 35.5. The van der Waals surface area contributed by atoms with Gasteiger partial charge in [0.25, 0.3) is 11.6 Å². The summed E-state index contributed by atoms with van der Waals surface area (Å²) in [6.45, 7) is 0.460. The number of hydrogen-bond donors (Lipinski definition) is 0. The number of fused-ring (bicyclic) bond motifs is 2. The van der Waals surface area contributed by atoms with Crippen molar-refractivity contribution in [1.82, 2.24) is 4.98 Å². The summed E-state index contributed by atoms with van der Waals surface area (Å²) >= 11 is 6.21. The Labute approximate surface area is 147 Å². The molecular formula is C18H12ClN3O3. The molecule has 124 valence electrons. The Balaban J connectivity index is 1.76. The number of rotatable bonds is 2. The minimum atomic E-state index is -0.466. The van der Waals surface area contributed by atoms with E-state index in [2.05, 4.69) is 4.98 Å². The number of pyridine rings is 1. The van der Waals surface area contributed by atoms with Crippen LogP contribution in [-0.4, -0.2) is 22.4 Å². The molecule has 1 aromatic heterocycles. The molecule has 0 bridgehead atoms. The molecule has 1 aliphatic heterocycles. The topological polar surface area (TPSA) is 76.3 Å². The van der Waals surface area contributed by atoms with E-state index in [1.54, 1.807) is 12.1 Å². The highest BCUT2D eigenvalue weighted by Gasteiger charge is 2.28. The van der Waals surface area contributed by atoms with Gasteiger partial charge in [-0.05, 0) is 23.4 Å². The number of benzene rings is 2. The largest absolute Gasteiger partial charge is 0.306 e. The zero-order valence-electron chi connectivity index (χ0n) is 13.0. The molecule has 6 nitrogen and oxygen atoms in total. The van der Waals surface area contributed by atoms with Crippen LogP contribution >= 0.6 is 11.6 Å². The van der Waals surface area contributed by atoms with Crippen LogP contribution in [0.25, 0.3) is 10.8 Å². The first kappa shape index (κ1) is 15.5. The van der Waals surface area contributed by atoms with Crippen LogP contribution in [0.15, 0.2) is 48.5 Å². The van der Waals surface area contributed by atoms with Crippen LogP contribution in [0.4, 0.5) is 11.4 Å². The Morgan fingerprint density at radius 2 is 2.00 bits per heavy atom. The molecule has 3 aromatic rings. The SMILES string of the molecule is O=C(c1cc2ccccc2c(Cl)n1)N1CCc2ccc([N+](=O)[O-])cc21. The number of aromatic nitrogens is 1. The zero-order valence-corrected chi connectivity index (χ0v) is 13.7. The average molecular weight is 354 g/mol. The normalized spacial score (nSPS) is 13.1. The van der Waals surface area contributed by atoms with E-state index in [-0.39, 0.29) is 22.4 Å². The van der Waals surface area contributed by atoms with E-state index in [0.717, 1.165) is 16.3 Å². The van der Waals surface area contributed by atoms with E-state index in [0.29, 0.717) is 18.7 Å². The summed E-state index contributed by atoms with van der Waals surface area (Å²) in [4.78, 5) is 29.2. The van der Waals surface area contributed by atoms with Gasteiger partial charge in [0.2, 0.25) is 0 Å². The molecule has 0 spiro atoms. The first-order valence-corrected chi connectivity index (χ1v) is 8.07. The molecule has 0 unspecified atom stereocenters. The molecule has 0 radical (unpaired) electrons. The molecule has 1 aliphatic rings. The number of carbonyl (C=O) groups excluding carboxylic acids is 1. The molecular weight excluding hydrogens is 342 g/mol. The van der Waals surface area contributed by atoms with E-state index in [1.807, 2.05) is 24.3 Å². The molecule has 0 saturated carbocycles. The fraction of sp³-hybridized carbons (Fsp3) is 0.111. The van der Waals surface area contributed by atoms with Crippen LogP contribution in [0, 0.1) is 10.1 Å². The molecule has 0 N–H and O–H groups in total. The molecule has 0 aliphatic carbocycles. The van der Waals surface area contributed by atoms with E-state index in [9.17, 15) is 14.9 Å². The van der Waals surface area contributed by atoms with Crippen molar-refractivity contribution in [1.29, 1.82) is 0 Å². The Morgan fingerprint density at radius 3 is 2.80 bits per heavy atom. The smallest absolute Gasteiger partial charge is 0.276 e. The van der Waals surface area contributed by atoms with Gasteiger partial charge in [-0.2, -0.15) is 0 Å². The van der Waals surface area contributed by atoms with Gasteiger partial charge in [-0.15, -0.1) is 0 Å². The van der Waals surface area contributed by atoms with E-state index in [1.165, 1.54) is 17.0 Å². The van der Waals surface area contributed by atoms with Crippen molar-refractivity contribution >= 4 is 39.7 Å². The second-order valence-electron chi connectivity index (χ2n) is 5.80. The minimum Gasteiger partial charge on any atom is -0.306 e. The lowest BCUT2D eigenvalue weighted by Crippen LogP contribution is -2.29. The molecule has 25 heavy (non-hydrogen) atoms. The third-order valence-electron chi connectivity index (χ3n) is 4.33. The van der Waals surface area contributed by atoms with Crippen molar-refractivity contribution < 1.29 is 9.72 Å². The predicted molar refractivity (Wildman–Crippen MR) is 95.2 cm³/mol. The lowest BCUT2D eigenvalue weighted by Gasteiger charge is -2.17. The fourth-order valence-electron chi connectivity index (χ4n) is 3.10. The third kappa shape index (κ3) is 2.60. The molecule has 2 heterocycles. The van der Waals surface area contributed by atoms with Gasteiger partial charge in [-0.1, -0.05) is 41.9 Å². The van der Waals surface area contributed by atoms with Gasteiger partial charge in [0.1, 0.15) is 10.8 Å². The van der Waals surface area contributed by atoms with Crippen molar-refractivity contribution in [2.24, 2.45) is 0 Å². The summed E-state index contributed by atoms with van der Waals surface area (Å²) < 4.78 is 0. The second kappa shape index (κ2) is 5.82. The van der Waals surface area contributed by atoms with E-state index in [4.69, 9.17) is 11.6 Å². The monoisotopic (exact) mass is 353 g/mol. The standard InChI is InChI=1S/C18H12ClN3O3/c19-17-14-4-2-1-3-12(14)9-15(20-17)18(23)21-8-7-11-5-6-13(22(24)25)10-16(11)21/h1-6,9-10H,7-8H2. The van der Waals surface area contributed by atoms with Gasteiger partial charge in [-0.25, -0.2) is 4.98 Å². The number of anilines is 1. The predicted octanol–water partition coefficient (Wildman–Crippen LogP) is 4.00. The maximum atomic E-state index is 12.9. The van der Waals surface area contributed by atoms with Crippen LogP contribution in [0.2, 0.25) is 5.15 Å². The number of hydrogen-bond acceptors (Lipinski definition) is 4. The molecule has 4 rings (SSSR count). The summed E-state index contributed by atoms with van der Waals surface area (Å²) in [5.41, 5.74) is 1.65. The van der Waals surface area contributed by atoms with Crippen LogP contribution < -0.4 is 4.90 Å². The summed E-state index contributed by atoms with van der Waals surface area (Å²) in [6, 6.07) is 13.7. The van der Waals surface area contributed by atoms with Crippen LogP contribution in [0.3, 0.4) is 0 Å². The van der Waals surface area contributed by atoms with E-state index >= 15 is 0 Å². The van der Waals surface area contributed by atoms with Crippen LogP contribution in [0.1, 0.15) is 16.1 Å². The number of nitro benzene ring substituents is 1. The van der Waals surface area contributed by atoms with Crippen molar-refractivity contribution in [3.05, 3.63) is 75.1 Å². The van der Waals surface area contributed by atoms with Gasteiger partial charge < -0.3 is 4.90 Å². The maximum Gasteiger partial charge on any atom is 0.276 e. The quantitative estimate of drug-likeness (QED) is 0.396. The summed E-state index contributed by atoms with van der Waals surface area (Å²) in [6.07, 6.45) is 0.653. The molecule has 2 aromatic carbocycles. The Morgan fingerprint density at radius 1 is 1.20 bits per heavy atom. The summed E-state index contributed by atoms with van der Waals surface area (Å²) in [5, 5.41) is 12.9. The molecule has 0 saturated heterocycles. The molecule has 1 amide bonds. The second-order valence-corrected chi connectivity index (χ2v) is 6.15. The highest BCUT2D eigenvalue weighted by molar-refractivity contribution is 6.34. The number of carbonyl (C=O) groups is 1. The Kier molecular flexibility index (Phi) is 3.62. The van der Waals surface area contributed by atoms with Gasteiger partial charge in [-0.3, -0.25) is 14.9 Å².